The van der Waals surface area contributed by atoms with E-state index in [1.807, 2.05) is 46.2 Å². The number of amides is 2. The quantitative estimate of drug-likeness (QED) is 0.799. The van der Waals surface area contributed by atoms with Gasteiger partial charge in [-0.25, -0.2) is 0 Å². The molecule has 0 aromatic heterocycles. The average Bonchev–Trinajstić information content (AvgIpc) is 3.24. The number of ether oxygens (including phenoxy) is 1. The van der Waals surface area contributed by atoms with Gasteiger partial charge in [0.15, 0.2) is 0 Å². The molecule has 2 unspecified atom stereocenters. The van der Waals surface area contributed by atoms with Crippen LogP contribution in [0.1, 0.15) is 41.1 Å². The van der Waals surface area contributed by atoms with Crippen LogP contribution in [-0.2, 0) is 4.79 Å². The molecule has 0 aliphatic carbocycles. The van der Waals surface area contributed by atoms with Crippen molar-refractivity contribution in [3.8, 4) is 5.75 Å². The summed E-state index contributed by atoms with van der Waals surface area (Å²) >= 11 is 0. The Morgan fingerprint density at radius 3 is 2.38 bits per heavy atom. The Labute approximate surface area is 172 Å². The molecule has 0 bridgehead atoms. The van der Waals surface area contributed by atoms with Crippen LogP contribution in [0, 0.1) is 5.92 Å². The molecule has 2 heterocycles. The molecular weight excluding hydrogens is 364 g/mol. The van der Waals surface area contributed by atoms with Gasteiger partial charge in [-0.1, -0.05) is 36.4 Å². The lowest BCUT2D eigenvalue weighted by Crippen LogP contribution is -2.42. The summed E-state index contributed by atoms with van der Waals surface area (Å²) < 4.78 is 5.27. The Kier molecular flexibility index (Phi) is 5.84. The van der Waals surface area contributed by atoms with Gasteiger partial charge in [-0.3, -0.25) is 9.59 Å². The number of carbonyl (C=O) groups excluding carboxylic acids is 2. The van der Waals surface area contributed by atoms with Crippen LogP contribution in [0.4, 0.5) is 0 Å². The summed E-state index contributed by atoms with van der Waals surface area (Å²) in [6.07, 6.45) is 3.33. The van der Waals surface area contributed by atoms with Crippen LogP contribution in [0.25, 0.3) is 0 Å². The van der Waals surface area contributed by atoms with Crippen molar-refractivity contribution in [3.05, 3.63) is 65.7 Å². The Morgan fingerprint density at radius 1 is 0.897 bits per heavy atom. The number of piperidine rings is 1. The Balaban J connectivity index is 1.59. The maximum absolute atomic E-state index is 13.4. The van der Waals surface area contributed by atoms with Crippen LogP contribution in [0.3, 0.4) is 0 Å². The average molecular weight is 392 g/mol. The van der Waals surface area contributed by atoms with Crippen molar-refractivity contribution in [2.24, 2.45) is 5.92 Å². The van der Waals surface area contributed by atoms with Crippen molar-refractivity contribution in [2.75, 3.05) is 33.3 Å². The van der Waals surface area contributed by atoms with Crippen molar-refractivity contribution < 1.29 is 14.3 Å². The Morgan fingerprint density at radius 2 is 1.66 bits per heavy atom. The minimum absolute atomic E-state index is 0.0279. The highest BCUT2D eigenvalue weighted by Gasteiger charge is 2.42. The number of hydrogen-bond acceptors (Lipinski definition) is 3. The monoisotopic (exact) mass is 392 g/mol. The molecule has 2 aromatic carbocycles. The van der Waals surface area contributed by atoms with E-state index in [2.05, 4.69) is 12.1 Å². The molecule has 5 heteroatoms. The third kappa shape index (κ3) is 4.14. The fourth-order valence-corrected chi connectivity index (χ4v) is 4.55. The van der Waals surface area contributed by atoms with Gasteiger partial charge in [-0.05, 0) is 43.0 Å². The van der Waals surface area contributed by atoms with Gasteiger partial charge in [0.2, 0.25) is 5.91 Å². The van der Waals surface area contributed by atoms with Gasteiger partial charge in [0.05, 0.1) is 13.0 Å². The molecule has 5 nitrogen and oxygen atoms in total. The predicted molar refractivity (Wildman–Crippen MR) is 112 cm³/mol. The summed E-state index contributed by atoms with van der Waals surface area (Å²) in [5, 5.41) is 0. The minimum atomic E-state index is -0.190. The van der Waals surface area contributed by atoms with Gasteiger partial charge in [0, 0.05) is 37.7 Å². The summed E-state index contributed by atoms with van der Waals surface area (Å²) in [5.41, 5.74) is 1.73. The van der Waals surface area contributed by atoms with Gasteiger partial charge in [0.1, 0.15) is 5.75 Å². The maximum atomic E-state index is 13.4. The van der Waals surface area contributed by atoms with Gasteiger partial charge >= 0.3 is 0 Å². The first-order valence-electron chi connectivity index (χ1n) is 10.4. The molecule has 152 valence electrons. The first-order chi connectivity index (χ1) is 14.2. The summed E-state index contributed by atoms with van der Waals surface area (Å²) in [7, 11) is 1.60. The first kappa shape index (κ1) is 19.5. The second kappa shape index (κ2) is 8.68. The molecule has 0 spiro atoms. The zero-order chi connectivity index (χ0) is 20.2. The third-order valence-corrected chi connectivity index (χ3v) is 6.14. The number of likely N-dealkylation sites (tertiary alicyclic amines) is 2. The van der Waals surface area contributed by atoms with E-state index in [0.717, 1.165) is 31.5 Å². The van der Waals surface area contributed by atoms with Crippen molar-refractivity contribution in [2.45, 2.75) is 25.2 Å². The van der Waals surface area contributed by atoms with Crippen LogP contribution in [0.2, 0.25) is 0 Å². The summed E-state index contributed by atoms with van der Waals surface area (Å²) in [6.45, 7) is 2.69. The van der Waals surface area contributed by atoms with Gasteiger partial charge in [-0.15, -0.1) is 0 Å². The number of nitrogens with zero attached hydrogens (tertiary/aromatic N) is 2. The fraction of sp³-hybridized carbons (Fsp3) is 0.417. The lowest BCUT2D eigenvalue weighted by atomic mass is 9.87. The molecule has 2 amide bonds. The smallest absolute Gasteiger partial charge is 0.254 e. The summed E-state index contributed by atoms with van der Waals surface area (Å²) in [5.74, 6) is 0.652. The summed E-state index contributed by atoms with van der Waals surface area (Å²) in [6, 6.07) is 17.4. The number of hydrogen-bond donors (Lipinski definition) is 0. The van der Waals surface area contributed by atoms with E-state index in [1.54, 1.807) is 13.2 Å². The number of methoxy groups -OCH3 is 1. The fourth-order valence-electron chi connectivity index (χ4n) is 4.55. The molecule has 0 saturated carbocycles. The SMILES string of the molecule is COc1cccc(C(=O)N2CC(C(=O)N3CCCCC3)C(c3ccccc3)C2)c1. The van der Waals surface area contributed by atoms with E-state index < -0.39 is 0 Å². The third-order valence-electron chi connectivity index (χ3n) is 6.14. The second-order valence-electron chi connectivity index (χ2n) is 7.95. The van der Waals surface area contributed by atoms with E-state index in [9.17, 15) is 9.59 Å². The lowest BCUT2D eigenvalue weighted by Gasteiger charge is -2.30. The van der Waals surface area contributed by atoms with Crippen LogP contribution in [-0.4, -0.2) is 54.9 Å². The highest BCUT2D eigenvalue weighted by molar-refractivity contribution is 5.95. The highest BCUT2D eigenvalue weighted by Crippen LogP contribution is 2.35. The standard InChI is InChI=1S/C24H28N2O3/c1-29-20-12-8-11-19(15-20)23(27)26-16-21(18-9-4-2-5-10-18)22(17-26)24(28)25-13-6-3-7-14-25/h2,4-5,8-12,15,21-22H,3,6-7,13-14,16-17H2,1H3. The maximum Gasteiger partial charge on any atom is 0.254 e. The molecule has 0 radical (unpaired) electrons. The minimum Gasteiger partial charge on any atom is -0.497 e. The molecule has 4 rings (SSSR count). The van der Waals surface area contributed by atoms with Crippen LogP contribution in [0.5, 0.6) is 5.75 Å². The Bertz CT molecular complexity index is 861. The van der Waals surface area contributed by atoms with Crippen molar-refractivity contribution in [1.29, 1.82) is 0 Å². The topological polar surface area (TPSA) is 49.9 Å². The molecular formula is C24H28N2O3. The number of benzene rings is 2. The van der Waals surface area contributed by atoms with E-state index in [-0.39, 0.29) is 23.7 Å². The molecule has 2 aliphatic heterocycles. The normalized spacial score (nSPS) is 21.8. The van der Waals surface area contributed by atoms with Crippen LogP contribution in [0.15, 0.2) is 54.6 Å². The number of carbonyl (C=O) groups is 2. The zero-order valence-corrected chi connectivity index (χ0v) is 16.9. The lowest BCUT2D eigenvalue weighted by molar-refractivity contribution is -0.136. The second-order valence-corrected chi connectivity index (χ2v) is 7.95. The van der Waals surface area contributed by atoms with Gasteiger partial charge in [-0.2, -0.15) is 0 Å². The van der Waals surface area contributed by atoms with Crippen molar-refractivity contribution in [1.82, 2.24) is 9.80 Å². The van der Waals surface area contributed by atoms with E-state index in [0.29, 0.717) is 24.4 Å². The van der Waals surface area contributed by atoms with Gasteiger partial charge in [0.25, 0.3) is 5.91 Å². The largest absolute Gasteiger partial charge is 0.497 e. The molecule has 2 aliphatic rings. The molecule has 0 N–H and O–H groups in total. The molecule has 2 fully saturated rings. The van der Waals surface area contributed by atoms with Crippen LogP contribution >= 0.6 is 0 Å². The molecule has 2 atom stereocenters. The number of rotatable bonds is 4. The molecule has 29 heavy (non-hydrogen) atoms. The van der Waals surface area contributed by atoms with Gasteiger partial charge < -0.3 is 14.5 Å². The molecule has 2 saturated heterocycles. The van der Waals surface area contributed by atoms with Crippen LogP contribution < -0.4 is 4.74 Å². The Hall–Kier alpha value is -2.82. The van der Waals surface area contributed by atoms with Crippen molar-refractivity contribution >= 4 is 11.8 Å². The van der Waals surface area contributed by atoms with Crippen molar-refractivity contribution in [3.63, 3.8) is 0 Å². The van der Waals surface area contributed by atoms with E-state index in [1.165, 1.54) is 6.42 Å². The zero-order valence-electron chi connectivity index (χ0n) is 16.9. The van der Waals surface area contributed by atoms with E-state index >= 15 is 0 Å². The van der Waals surface area contributed by atoms with E-state index in [4.69, 9.17) is 4.74 Å². The summed E-state index contributed by atoms with van der Waals surface area (Å²) in [4.78, 5) is 30.4. The first-order valence-corrected chi connectivity index (χ1v) is 10.4. The highest BCUT2D eigenvalue weighted by atomic mass is 16.5. The molecule has 2 aromatic rings. The predicted octanol–water partition coefficient (Wildman–Crippen LogP) is 3.56.